The van der Waals surface area contributed by atoms with Gasteiger partial charge in [-0.1, -0.05) is 18.2 Å². The van der Waals surface area contributed by atoms with Gasteiger partial charge in [0, 0.05) is 45.0 Å². The summed E-state index contributed by atoms with van der Waals surface area (Å²) >= 11 is 0. The number of carbonyl (C=O) groups is 2. The molecule has 1 fully saturated rings. The van der Waals surface area contributed by atoms with Gasteiger partial charge in [0.1, 0.15) is 5.82 Å². The second kappa shape index (κ2) is 10.5. The molecule has 0 aliphatic carbocycles. The van der Waals surface area contributed by atoms with Gasteiger partial charge in [0.15, 0.2) is 0 Å². The Balaban J connectivity index is 1.30. The van der Waals surface area contributed by atoms with E-state index in [1.807, 2.05) is 23.1 Å². The van der Waals surface area contributed by atoms with Crippen molar-refractivity contribution in [2.45, 2.75) is 19.0 Å². The van der Waals surface area contributed by atoms with Crippen LogP contribution in [0.5, 0.6) is 0 Å². The molecule has 0 unspecified atom stereocenters. The fraction of sp³-hybridized carbons (Fsp3) is 0.280. The SMILES string of the molecule is O=C(CCc1cccnc1)Nc1ccc(N2CCN(C(=O)c3ccccc3C(F)(F)F)CC2)cn1. The lowest BCUT2D eigenvalue weighted by molar-refractivity contribution is -0.138. The zero-order valence-corrected chi connectivity index (χ0v) is 18.8. The number of carbonyl (C=O) groups excluding carboxylic acids is 2. The fourth-order valence-electron chi connectivity index (χ4n) is 3.91. The zero-order chi connectivity index (χ0) is 24.8. The molecule has 182 valence electrons. The van der Waals surface area contributed by atoms with Crippen molar-refractivity contribution >= 4 is 23.3 Å². The molecule has 1 N–H and O–H groups in total. The Morgan fingerprint density at radius 1 is 0.943 bits per heavy atom. The maximum absolute atomic E-state index is 13.3. The van der Waals surface area contributed by atoms with Crippen LogP contribution in [0.3, 0.4) is 0 Å². The number of nitrogens with one attached hydrogen (secondary N) is 1. The summed E-state index contributed by atoms with van der Waals surface area (Å²) < 4.78 is 39.8. The van der Waals surface area contributed by atoms with E-state index in [0.717, 1.165) is 17.3 Å². The van der Waals surface area contributed by atoms with Gasteiger partial charge in [0.25, 0.3) is 5.91 Å². The van der Waals surface area contributed by atoms with Gasteiger partial charge in [0.2, 0.25) is 5.91 Å². The maximum Gasteiger partial charge on any atom is 0.417 e. The van der Waals surface area contributed by atoms with Crippen LogP contribution in [0.1, 0.15) is 27.9 Å². The van der Waals surface area contributed by atoms with Crippen LogP contribution in [0.2, 0.25) is 0 Å². The summed E-state index contributed by atoms with van der Waals surface area (Å²) in [5, 5.41) is 2.77. The Morgan fingerprint density at radius 3 is 2.37 bits per heavy atom. The molecule has 4 rings (SSSR count). The van der Waals surface area contributed by atoms with Gasteiger partial charge in [-0.3, -0.25) is 14.6 Å². The van der Waals surface area contributed by atoms with Crippen LogP contribution >= 0.6 is 0 Å². The van der Waals surface area contributed by atoms with Gasteiger partial charge >= 0.3 is 6.18 Å². The number of rotatable bonds is 6. The van der Waals surface area contributed by atoms with E-state index in [2.05, 4.69) is 15.3 Å². The third-order valence-electron chi connectivity index (χ3n) is 5.77. The highest BCUT2D eigenvalue weighted by atomic mass is 19.4. The third kappa shape index (κ3) is 6.14. The lowest BCUT2D eigenvalue weighted by Gasteiger charge is -2.36. The Bertz CT molecular complexity index is 1160. The first-order valence-corrected chi connectivity index (χ1v) is 11.2. The number of nitrogens with zero attached hydrogens (tertiary/aromatic N) is 4. The average Bonchev–Trinajstić information content (AvgIpc) is 2.88. The molecule has 0 bridgehead atoms. The number of halogens is 3. The van der Waals surface area contributed by atoms with E-state index in [0.29, 0.717) is 31.7 Å². The molecule has 1 aromatic carbocycles. The molecule has 1 aliphatic rings. The van der Waals surface area contributed by atoms with E-state index < -0.39 is 17.6 Å². The van der Waals surface area contributed by atoms with E-state index >= 15 is 0 Å². The van der Waals surface area contributed by atoms with Crippen molar-refractivity contribution in [3.8, 4) is 0 Å². The van der Waals surface area contributed by atoms with Crippen LogP contribution in [0.4, 0.5) is 24.7 Å². The third-order valence-corrected chi connectivity index (χ3v) is 5.77. The molecule has 0 spiro atoms. The largest absolute Gasteiger partial charge is 0.417 e. The highest BCUT2D eigenvalue weighted by Crippen LogP contribution is 2.32. The van der Waals surface area contributed by atoms with E-state index in [-0.39, 0.29) is 24.6 Å². The molecular formula is C25H24F3N5O2. The van der Waals surface area contributed by atoms with Crippen molar-refractivity contribution in [2.24, 2.45) is 0 Å². The Morgan fingerprint density at radius 2 is 1.71 bits per heavy atom. The summed E-state index contributed by atoms with van der Waals surface area (Å²) in [6.45, 7) is 1.49. The van der Waals surface area contributed by atoms with Crippen molar-refractivity contribution < 1.29 is 22.8 Å². The molecule has 3 heterocycles. The summed E-state index contributed by atoms with van der Waals surface area (Å²) in [6.07, 6.45) is 1.34. The first kappa shape index (κ1) is 24.2. The summed E-state index contributed by atoms with van der Waals surface area (Å²) in [5.41, 5.74) is 0.528. The summed E-state index contributed by atoms with van der Waals surface area (Å²) in [4.78, 5) is 36.7. The van der Waals surface area contributed by atoms with Crippen molar-refractivity contribution in [2.75, 3.05) is 36.4 Å². The highest BCUT2D eigenvalue weighted by Gasteiger charge is 2.36. The number of alkyl halides is 3. The van der Waals surface area contributed by atoms with Crippen LogP contribution in [0, 0.1) is 0 Å². The molecule has 7 nitrogen and oxygen atoms in total. The Labute approximate surface area is 200 Å². The first-order valence-electron chi connectivity index (χ1n) is 11.2. The highest BCUT2D eigenvalue weighted by molar-refractivity contribution is 5.96. The van der Waals surface area contributed by atoms with E-state index in [1.54, 1.807) is 24.7 Å². The number of anilines is 2. The van der Waals surface area contributed by atoms with Crippen molar-refractivity contribution in [1.29, 1.82) is 0 Å². The normalized spacial score (nSPS) is 14.0. The number of hydrogen-bond donors (Lipinski definition) is 1. The molecule has 3 aromatic rings. The number of pyridine rings is 2. The molecule has 1 saturated heterocycles. The summed E-state index contributed by atoms with van der Waals surface area (Å²) in [7, 11) is 0. The van der Waals surface area contributed by atoms with Gasteiger partial charge in [-0.25, -0.2) is 4.98 Å². The standard InChI is InChI=1S/C25H24F3N5O2/c26-25(27,28)21-6-2-1-5-20(21)24(35)33-14-12-32(13-15-33)19-8-9-22(30-17-19)31-23(34)10-7-18-4-3-11-29-16-18/h1-6,8-9,11,16-17H,7,10,12-15H2,(H,30,31,34). The summed E-state index contributed by atoms with van der Waals surface area (Å²) in [6, 6.07) is 12.1. The zero-order valence-electron chi connectivity index (χ0n) is 18.8. The molecular weight excluding hydrogens is 459 g/mol. The Kier molecular flexibility index (Phi) is 7.28. The van der Waals surface area contributed by atoms with Crippen molar-refractivity contribution in [3.63, 3.8) is 0 Å². The smallest absolute Gasteiger partial charge is 0.367 e. The predicted octanol–water partition coefficient (Wildman–Crippen LogP) is 4.03. The lowest BCUT2D eigenvalue weighted by atomic mass is 10.1. The van der Waals surface area contributed by atoms with Gasteiger partial charge in [-0.05, 0) is 42.3 Å². The van der Waals surface area contributed by atoms with Crippen LogP contribution in [0.15, 0.2) is 67.1 Å². The van der Waals surface area contributed by atoms with E-state index in [4.69, 9.17) is 0 Å². The topological polar surface area (TPSA) is 78.4 Å². The number of aryl methyl sites for hydroxylation is 1. The minimum atomic E-state index is -4.59. The van der Waals surface area contributed by atoms with Gasteiger partial charge in [0.05, 0.1) is 23.0 Å². The van der Waals surface area contributed by atoms with Gasteiger partial charge in [-0.2, -0.15) is 13.2 Å². The lowest BCUT2D eigenvalue weighted by Crippen LogP contribution is -2.49. The molecule has 0 radical (unpaired) electrons. The molecule has 2 amide bonds. The quantitative estimate of drug-likeness (QED) is 0.573. The van der Waals surface area contributed by atoms with Crippen LogP contribution in [-0.2, 0) is 17.4 Å². The average molecular weight is 483 g/mol. The number of aromatic nitrogens is 2. The Hall–Kier alpha value is -3.95. The number of piperazine rings is 1. The molecule has 10 heteroatoms. The molecule has 2 aromatic heterocycles. The second-order valence-corrected chi connectivity index (χ2v) is 8.13. The van der Waals surface area contributed by atoms with E-state index in [9.17, 15) is 22.8 Å². The van der Waals surface area contributed by atoms with Gasteiger partial charge < -0.3 is 15.1 Å². The van der Waals surface area contributed by atoms with Crippen molar-refractivity contribution in [3.05, 3.63) is 83.8 Å². The van der Waals surface area contributed by atoms with Crippen LogP contribution < -0.4 is 10.2 Å². The monoisotopic (exact) mass is 483 g/mol. The molecule has 0 atom stereocenters. The molecule has 0 saturated carbocycles. The fourth-order valence-corrected chi connectivity index (χ4v) is 3.91. The molecule has 1 aliphatic heterocycles. The maximum atomic E-state index is 13.3. The number of hydrogen-bond acceptors (Lipinski definition) is 5. The first-order chi connectivity index (χ1) is 16.8. The minimum absolute atomic E-state index is 0.152. The number of amides is 2. The number of benzene rings is 1. The van der Waals surface area contributed by atoms with Crippen LogP contribution in [-0.4, -0.2) is 52.9 Å². The minimum Gasteiger partial charge on any atom is -0.367 e. The van der Waals surface area contributed by atoms with Gasteiger partial charge in [-0.15, -0.1) is 0 Å². The summed E-state index contributed by atoms with van der Waals surface area (Å²) in [5.74, 6) is -0.345. The predicted molar refractivity (Wildman–Crippen MR) is 125 cm³/mol. The van der Waals surface area contributed by atoms with Crippen molar-refractivity contribution in [1.82, 2.24) is 14.9 Å². The second-order valence-electron chi connectivity index (χ2n) is 8.13. The van der Waals surface area contributed by atoms with Crippen LogP contribution in [0.25, 0.3) is 0 Å². The van der Waals surface area contributed by atoms with E-state index in [1.165, 1.54) is 23.1 Å². The molecule has 35 heavy (non-hydrogen) atoms.